The zero-order chi connectivity index (χ0) is 14.5. The number of ether oxygens (including phenoxy) is 1. The number of hydrogen-bond donors (Lipinski definition) is 0. The molecule has 1 rings (SSSR count). The van der Waals surface area contributed by atoms with Crippen LogP contribution in [-0.2, 0) is 0 Å². The summed E-state index contributed by atoms with van der Waals surface area (Å²) >= 11 is 0. The molecule has 0 amide bonds. The highest BCUT2D eigenvalue weighted by atomic mass is 16.5. The number of hydrogen-bond acceptors (Lipinski definition) is 3. The molecule has 0 aliphatic carbocycles. The maximum atomic E-state index is 10.8. The number of benzene rings is 1. The second kappa shape index (κ2) is 6.38. The van der Waals surface area contributed by atoms with Crippen LogP contribution in [0.2, 0.25) is 0 Å². The minimum absolute atomic E-state index is 0.297. The number of aldehydes is 1. The maximum Gasteiger partial charge on any atom is 0.150 e. The predicted octanol–water partition coefficient (Wildman–Crippen LogP) is 3.82. The third kappa shape index (κ3) is 4.40. The van der Waals surface area contributed by atoms with Crippen LogP contribution in [0.1, 0.15) is 48.2 Å². The smallest absolute Gasteiger partial charge is 0.150 e. The fraction of sp³-hybridized carbons (Fsp3) is 0.500. The Bertz CT molecular complexity index is 475. The van der Waals surface area contributed by atoms with Gasteiger partial charge in [0.15, 0.2) is 0 Å². The van der Waals surface area contributed by atoms with Gasteiger partial charge in [0.05, 0.1) is 18.1 Å². The molecule has 19 heavy (non-hydrogen) atoms. The van der Waals surface area contributed by atoms with E-state index in [4.69, 9.17) is 10.00 Å². The van der Waals surface area contributed by atoms with Crippen molar-refractivity contribution in [2.75, 3.05) is 6.61 Å². The Hall–Kier alpha value is -1.82. The summed E-state index contributed by atoms with van der Waals surface area (Å²) in [5.74, 6) is 0.848. The standard InChI is InChI=1S/C16H21NO2/c1-12-8-14(10-18)9-13(2)15(12)19-7-5-6-16(3,4)11-17/h8-10H,5-7H2,1-4H3. The third-order valence-electron chi connectivity index (χ3n) is 3.11. The maximum absolute atomic E-state index is 10.8. The number of nitriles is 1. The van der Waals surface area contributed by atoms with Gasteiger partial charge in [0.2, 0.25) is 0 Å². The van der Waals surface area contributed by atoms with Gasteiger partial charge in [-0.15, -0.1) is 0 Å². The van der Waals surface area contributed by atoms with E-state index in [1.165, 1.54) is 0 Å². The molecular weight excluding hydrogens is 238 g/mol. The van der Waals surface area contributed by atoms with E-state index in [1.54, 1.807) is 0 Å². The lowest BCUT2D eigenvalue weighted by Gasteiger charge is -2.16. The van der Waals surface area contributed by atoms with E-state index in [1.807, 2.05) is 39.8 Å². The zero-order valence-corrected chi connectivity index (χ0v) is 12.1. The average Bonchev–Trinajstić information content (AvgIpc) is 2.36. The van der Waals surface area contributed by atoms with Gasteiger partial charge >= 0.3 is 0 Å². The summed E-state index contributed by atoms with van der Waals surface area (Å²) in [6, 6.07) is 5.94. The number of nitrogens with zero attached hydrogens (tertiary/aromatic N) is 1. The lowest BCUT2D eigenvalue weighted by molar-refractivity contribution is 0.112. The van der Waals surface area contributed by atoms with Crippen molar-refractivity contribution in [3.8, 4) is 11.8 Å². The van der Waals surface area contributed by atoms with Crippen LogP contribution in [0.25, 0.3) is 0 Å². The molecule has 0 saturated heterocycles. The van der Waals surface area contributed by atoms with Crippen LogP contribution in [0, 0.1) is 30.6 Å². The molecule has 0 aliphatic heterocycles. The van der Waals surface area contributed by atoms with Gasteiger partial charge in [0.1, 0.15) is 12.0 Å². The first-order valence-corrected chi connectivity index (χ1v) is 6.50. The lowest BCUT2D eigenvalue weighted by atomic mass is 9.90. The molecule has 3 heteroatoms. The monoisotopic (exact) mass is 259 g/mol. The summed E-state index contributed by atoms with van der Waals surface area (Å²) in [5, 5.41) is 8.93. The Morgan fingerprint density at radius 2 is 1.89 bits per heavy atom. The van der Waals surface area contributed by atoms with E-state index in [9.17, 15) is 4.79 Å². The fourth-order valence-electron chi connectivity index (χ4n) is 2.02. The highest BCUT2D eigenvalue weighted by Gasteiger charge is 2.16. The average molecular weight is 259 g/mol. The first-order valence-electron chi connectivity index (χ1n) is 6.50. The van der Waals surface area contributed by atoms with Crippen molar-refractivity contribution < 1.29 is 9.53 Å². The van der Waals surface area contributed by atoms with Gasteiger partial charge in [-0.1, -0.05) is 0 Å². The molecule has 102 valence electrons. The molecule has 0 radical (unpaired) electrons. The summed E-state index contributed by atoms with van der Waals surface area (Å²) in [6.45, 7) is 8.33. The Balaban J connectivity index is 2.60. The van der Waals surface area contributed by atoms with E-state index in [0.29, 0.717) is 12.2 Å². The summed E-state index contributed by atoms with van der Waals surface area (Å²) in [7, 11) is 0. The highest BCUT2D eigenvalue weighted by molar-refractivity contribution is 5.76. The molecular formula is C16H21NO2. The third-order valence-corrected chi connectivity index (χ3v) is 3.11. The normalized spacial score (nSPS) is 10.9. The quantitative estimate of drug-likeness (QED) is 0.576. The second-order valence-corrected chi connectivity index (χ2v) is 5.55. The van der Waals surface area contributed by atoms with Crippen LogP contribution in [-0.4, -0.2) is 12.9 Å². The van der Waals surface area contributed by atoms with Crippen molar-refractivity contribution in [1.29, 1.82) is 5.26 Å². The van der Waals surface area contributed by atoms with Crippen LogP contribution in [0.4, 0.5) is 0 Å². The molecule has 0 heterocycles. The van der Waals surface area contributed by atoms with E-state index < -0.39 is 0 Å². The van der Waals surface area contributed by atoms with E-state index in [-0.39, 0.29) is 5.41 Å². The van der Waals surface area contributed by atoms with Crippen molar-refractivity contribution in [3.63, 3.8) is 0 Å². The van der Waals surface area contributed by atoms with Gasteiger partial charge in [0, 0.05) is 5.56 Å². The van der Waals surface area contributed by atoms with Crippen molar-refractivity contribution in [1.82, 2.24) is 0 Å². The molecule has 1 aromatic carbocycles. The predicted molar refractivity (Wildman–Crippen MR) is 75.4 cm³/mol. The van der Waals surface area contributed by atoms with Crippen molar-refractivity contribution in [3.05, 3.63) is 28.8 Å². The topological polar surface area (TPSA) is 50.1 Å². The number of carbonyl (C=O) groups excluding carboxylic acids is 1. The molecule has 1 aromatic rings. The summed E-state index contributed by atoms with van der Waals surface area (Å²) in [5.41, 5.74) is 2.32. The molecule has 0 atom stereocenters. The minimum Gasteiger partial charge on any atom is -0.493 e. The van der Waals surface area contributed by atoms with Crippen LogP contribution >= 0.6 is 0 Å². The van der Waals surface area contributed by atoms with Gasteiger partial charge in [-0.3, -0.25) is 4.79 Å². The van der Waals surface area contributed by atoms with E-state index in [2.05, 4.69) is 6.07 Å². The van der Waals surface area contributed by atoms with Crippen LogP contribution < -0.4 is 4.74 Å². The first-order chi connectivity index (χ1) is 8.89. The Morgan fingerprint density at radius 1 is 1.32 bits per heavy atom. The Morgan fingerprint density at radius 3 is 2.37 bits per heavy atom. The molecule has 0 bridgehead atoms. The van der Waals surface area contributed by atoms with Gasteiger partial charge in [-0.25, -0.2) is 0 Å². The lowest BCUT2D eigenvalue weighted by Crippen LogP contribution is -2.10. The molecule has 0 fully saturated rings. The molecule has 0 aliphatic rings. The molecule has 0 N–H and O–H groups in total. The first kappa shape index (κ1) is 15.2. The SMILES string of the molecule is Cc1cc(C=O)cc(C)c1OCCCC(C)(C)C#N. The van der Waals surface area contributed by atoms with Gasteiger partial charge < -0.3 is 4.74 Å². The molecule has 0 unspecified atom stereocenters. The van der Waals surface area contributed by atoms with Gasteiger partial charge in [-0.05, 0) is 63.8 Å². The van der Waals surface area contributed by atoms with E-state index >= 15 is 0 Å². The summed E-state index contributed by atoms with van der Waals surface area (Å²) in [4.78, 5) is 10.8. The molecule has 0 spiro atoms. The molecule has 0 saturated carbocycles. The van der Waals surface area contributed by atoms with Gasteiger partial charge in [0.25, 0.3) is 0 Å². The minimum atomic E-state index is -0.297. The largest absolute Gasteiger partial charge is 0.493 e. The molecule has 0 aromatic heterocycles. The Labute approximate surface area is 115 Å². The second-order valence-electron chi connectivity index (χ2n) is 5.55. The van der Waals surface area contributed by atoms with Crippen LogP contribution in [0.3, 0.4) is 0 Å². The zero-order valence-electron chi connectivity index (χ0n) is 12.1. The number of carbonyl (C=O) groups is 1. The highest BCUT2D eigenvalue weighted by Crippen LogP contribution is 2.25. The number of aryl methyl sites for hydroxylation is 2. The number of rotatable bonds is 6. The van der Waals surface area contributed by atoms with Crippen molar-refractivity contribution in [2.24, 2.45) is 5.41 Å². The molecule has 3 nitrogen and oxygen atoms in total. The summed E-state index contributed by atoms with van der Waals surface area (Å²) in [6.07, 6.45) is 2.50. The fourth-order valence-corrected chi connectivity index (χ4v) is 2.02. The van der Waals surface area contributed by atoms with Crippen LogP contribution in [0.15, 0.2) is 12.1 Å². The van der Waals surface area contributed by atoms with Crippen molar-refractivity contribution >= 4 is 6.29 Å². The van der Waals surface area contributed by atoms with Crippen LogP contribution in [0.5, 0.6) is 5.75 Å². The van der Waals surface area contributed by atoms with E-state index in [0.717, 1.165) is 36.0 Å². The Kier molecular flexibility index (Phi) is 5.11. The summed E-state index contributed by atoms with van der Waals surface area (Å²) < 4.78 is 5.78. The van der Waals surface area contributed by atoms with Gasteiger partial charge in [-0.2, -0.15) is 5.26 Å². The van der Waals surface area contributed by atoms with Crippen molar-refractivity contribution in [2.45, 2.75) is 40.5 Å².